The Morgan fingerprint density at radius 2 is 1.78 bits per heavy atom. The van der Waals surface area contributed by atoms with Gasteiger partial charge in [0.15, 0.2) is 0 Å². The van der Waals surface area contributed by atoms with Gasteiger partial charge in [-0.15, -0.1) is 23.9 Å². The summed E-state index contributed by atoms with van der Waals surface area (Å²) in [5, 5.41) is 0. The van der Waals surface area contributed by atoms with Crippen molar-refractivity contribution in [2.75, 3.05) is 0 Å². The normalized spacial score (nSPS) is 12.0. The zero-order valence-corrected chi connectivity index (χ0v) is 8.00. The molecule has 0 spiro atoms. The van der Waals surface area contributed by atoms with Gasteiger partial charge in [0.1, 0.15) is 2.74 Å². The van der Waals surface area contributed by atoms with E-state index in [0.717, 1.165) is 0 Å². The van der Waals surface area contributed by atoms with E-state index in [1.54, 1.807) is 0 Å². The van der Waals surface area contributed by atoms with Crippen LogP contribution < -0.4 is 0 Å². The summed E-state index contributed by atoms with van der Waals surface area (Å²) < 4.78 is 13.5. The molecule has 0 rings (SSSR count). The van der Waals surface area contributed by atoms with Crippen LogP contribution in [-0.4, -0.2) is 15.9 Å². The van der Waals surface area contributed by atoms with Crippen LogP contribution in [0.5, 0.6) is 0 Å². The standard InChI is InChI=1S/C7H11Si2/c1-6-8(7-2)9(3,4)5/h1-2H,3-5H3/i1D,2D. The molecule has 47 valence electrons. The highest BCUT2D eigenvalue weighted by atomic mass is 29.2. The Morgan fingerprint density at radius 3 is 2.00 bits per heavy atom. The molecule has 0 bridgehead atoms. The van der Waals surface area contributed by atoms with Crippen molar-refractivity contribution in [3.8, 4) is 23.9 Å². The molecule has 1 radical (unpaired) electrons. The fourth-order valence-electron chi connectivity index (χ4n) is 0.406. The Kier molecular flexibility index (Phi) is 1.73. The van der Waals surface area contributed by atoms with Gasteiger partial charge in [-0.25, -0.2) is 0 Å². The van der Waals surface area contributed by atoms with Crippen LogP contribution in [0.25, 0.3) is 0 Å². The lowest BCUT2D eigenvalue weighted by atomic mass is 11.4. The maximum absolute atomic E-state index is 6.75. The van der Waals surface area contributed by atoms with Crippen LogP contribution in [0, 0.1) is 23.9 Å². The number of hydrogen-bond donors (Lipinski definition) is 0. The molecule has 0 unspecified atom stereocenters. The summed E-state index contributed by atoms with van der Waals surface area (Å²) in [6.07, 6.45) is 4.31. The molecule has 0 amide bonds. The predicted octanol–water partition coefficient (Wildman–Crippen LogP) is 1.24. The van der Waals surface area contributed by atoms with E-state index in [9.17, 15) is 0 Å². The minimum absolute atomic E-state index is 1.02. The minimum atomic E-state index is -1.31. The molecule has 9 heavy (non-hydrogen) atoms. The smallest absolute Gasteiger partial charge is 0.127 e. The first-order chi connectivity index (χ1) is 5.02. The Labute approximate surface area is 62.9 Å². The lowest BCUT2D eigenvalue weighted by molar-refractivity contribution is 1.85. The van der Waals surface area contributed by atoms with Gasteiger partial charge in [-0.3, -0.25) is 0 Å². The molecule has 0 saturated heterocycles. The molecule has 0 fully saturated rings. The van der Waals surface area contributed by atoms with Crippen molar-refractivity contribution in [3.05, 3.63) is 0 Å². The van der Waals surface area contributed by atoms with Gasteiger partial charge in [-0.1, -0.05) is 19.6 Å². The van der Waals surface area contributed by atoms with Gasteiger partial charge in [-0.05, 0) is 0 Å². The average molecular weight is 153 g/mol. The molecular weight excluding hydrogens is 140 g/mol. The molecule has 0 heterocycles. The first kappa shape index (κ1) is 5.35. The summed E-state index contributed by atoms with van der Waals surface area (Å²) in [4.78, 5) is 0. The molecule has 0 aliphatic heterocycles. The summed E-state index contributed by atoms with van der Waals surface area (Å²) >= 11 is 0. The maximum Gasteiger partial charge on any atom is 0.219 e. The summed E-state index contributed by atoms with van der Waals surface area (Å²) in [7, 11) is -2.33. The van der Waals surface area contributed by atoms with Crippen molar-refractivity contribution >= 4 is 15.9 Å². The molecule has 0 N–H and O–H groups in total. The Morgan fingerprint density at radius 1 is 1.33 bits per heavy atom. The van der Waals surface area contributed by atoms with E-state index in [0.29, 0.717) is 0 Å². The van der Waals surface area contributed by atoms with Crippen molar-refractivity contribution in [2.24, 2.45) is 0 Å². The Hall–Kier alpha value is -0.446. The third-order valence-electron chi connectivity index (χ3n) is 1.00. The highest BCUT2D eigenvalue weighted by Gasteiger charge is 2.25. The fraction of sp³-hybridized carbons (Fsp3) is 0.429. The Balaban J connectivity index is 4.53. The summed E-state index contributed by atoms with van der Waals surface area (Å²) in [6.45, 7) is 6.53. The fourth-order valence-corrected chi connectivity index (χ4v) is 3.47. The monoisotopic (exact) mass is 153 g/mol. The highest BCUT2D eigenvalue weighted by Crippen LogP contribution is 2.03. The van der Waals surface area contributed by atoms with Gasteiger partial charge in [-0.2, -0.15) is 0 Å². The van der Waals surface area contributed by atoms with Gasteiger partial charge >= 0.3 is 0 Å². The number of rotatable bonds is 1. The highest BCUT2D eigenvalue weighted by molar-refractivity contribution is 7.37. The van der Waals surface area contributed by atoms with Crippen molar-refractivity contribution in [3.63, 3.8) is 0 Å². The molecule has 0 nitrogen and oxygen atoms in total. The molecule has 0 saturated carbocycles. The molecule has 0 aromatic heterocycles. The molecule has 2 heteroatoms. The largest absolute Gasteiger partial charge is 0.219 e. The maximum atomic E-state index is 6.75. The quantitative estimate of drug-likeness (QED) is 0.393. The van der Waals surface area contributed by atoms with Crippen LogP contribution in [0.3, 0.4) is 0 Å². The number of hydrogen-bond acceptors (Lipinski definition) is 0. The van der Waals surface area contributed by atoms with Crippen LogP contribution in [-0.2, 0) is 0 Å². The van der Waals surface area contributed by atoms with Crippen molar-refractivity contribution in [1.82, 2.24) is 0 Å². The van der Waals surface area contributed by atoms with Crippen molar-refractivity contribution < 1.29 is 2.74 Å². The second kappa shape index (κ2) is 2.91. The van der Waals surface area contributed by atoms with E-state index in [-0.39, 0.29) is 0 Å². The summed E-state index contributed by atoms with van der Waals surface area (Å²) in [6, 6.07) is 0. The van der Waals surface area contributed by atoms with E-state index >= 15 is 0 Å². The third-order valence-corrected chi connectivity index (χ3v) is 8.25. The van der Waals surface area contributed by atoms with Crippen LogP contribution in [0.1, 0.15) is 2.74 Å². The van der Waals surface area contributed by atoms with Crippen LogP contribution in [0.2, 0.25) is 19.6 Å². The van der Waals surface area contributed by atoms with E-state index < -0.39 is 15.9 Å². The lowest BCUT2D eigenvalue weighted by Crippen LogP contribution is -2.40. The van der Waals surface area contributed by atoms with Crippen molar-refractivity contribution in [2.45, 2.75) is 19.6 Å². The van der Waals surface area contributed by atoms with E-state index in [4.69, 9.17) is 2.74 Å². The molecule has 0 aliphatic carbocycles. The first-order valence-electron chi connectivity index (χ1n) is 3.75. The van der Waals surface area contributed by atoms with Gasteiger partial charge in [0.25, 0.3) is 0 Å². The van der Waals surface area contributed by atoms with Crippen LogP contribution >= 0.6 is 0 Å². The number of terminal acetylenes is 2. The molecule has 0 atom stereocenters. The molecular formula is C7H11Si2. The third kappa shape index (κ3) is 2.55. The van der Waals surface area contributed by atoms with E-state index in [1.807, 2.05) is 0 Å². The Bertz CT molecular complexity index is 213. The van der Waals surface area contributed by atoms with Gasteiger partial charge in [0.05, 0.1) is 7.59 Å². The second-order valence-corrected chi connectivity index (χ2v) is 14.6. The zero-order chi connectivity index (χ0) is 8.91. The van der Waals surface area contributed by atoms with E-state index in [2.05, 4.69) is 43.5 Å². The SMILES string of the molecule is [2H]C#C[Si](C#C[2H])[Si](C)(C)C. The molecule has 0 aromatic rings. The summed E-state index contributed by atoms with van der Waals surface area (Å²) in [5.41, 5.74) is 5.62. The average Bonchev–Trinajstić information content (AvgIpc) is 1.85. The molecule has 0 aliphatic rings. The molecule has 0 aromatic carbocycles. The lowest BCUT2D eigenvalue weighted by Gasteiger charge is -2.15. The predicted molar refractivity (Wildman–Crippen MR) is 46.8 cm³/mol. The van der Waals surface area contributed by atoms with Crippen LogP contribution in [0.4, 0.5) is 0 Å². The topological polar surface area (TPSA) is 0 Å². The second-order valence-electron chi connectivity index (χ2n) is 2.88. The van der Waals surface area contributed by atoms with Crippen molar-refractivity contribution in [1.29, 1.82) is 0 Å². The summed E-state index contributed by atoms with van der Waals surface area (Å²) in [5.74, 6) is 0. The first-order valence-corrected chi connectivity index (χ1v) is 8.75. The van der Waals surface area contributed by atoms with Crippen LogP contribution in [0.15, 0.2) is 0 Å². The van der Waals surface area contributed by atoms with Gasteiger partial charge in [0, 0.05) is 0 Å². The zero-order valence-electron chi connectivity index (χ0n) is 8.00. The van der Waals surface area contributed by atoms with E-state index in [1.165, 1.54) is 0 Å². The minimum Gasteiger partial charge on any atom is -0.127 e. The van der Waals surface area contributed by atoms with Gasteiger partial charge < -0.3 is 0 Å². The van der Waals surface area contributed by atoms with Gasteiger partial charge in [0.2, 0.25) is 8.31 Å².